The van der Waals surface area contributed by atoms with Gasteiger partial charge in [0.25, 0.3) is 0 Å². The zero-order valence-corrected chi connectivity index (χ0v) is 13.6. The van der Waals surface area contributed by atoms with E-state index < -0.39 is 0 Å². The quantitative estimate of drug-likeness (QED) is 0.659. The highest BCUT2D eigenvalue weighted by atomic mass is 79.9. The van der Waals surface area contributed by atoms with Gasteiger partial charge in [-0.2, -0.15) is 0 Å². The molecule has 1 unspecified atom stereocenters. The number of methoxy groups -OCH3 is 1. The largest absolute Gasteiger partial charge is 0.496 e. The molecule has 0 aliphatic carbocycles. The molecule has 0 bridgehead atoms. The molecule has 0 aliphatic heterocycles. The van der Waals surface area contributed by atoms with Gasteiger partial charge in [-0.15, -0.1) is 0 Å². The highest BCUT2D eigenvalue weighted by Crippen LogP contribution is 2.33. The van der Waals surface area contributed by atoms with Gasteiger partial charge < -0.3 is 4.74 Å². The first-order chi connectivity index (χ1) is 9.52. The lowest BCUT2D eigenvalue weighted by molar-refractivity contribution is 0.411. The van der Waals surface area contributed by atoms with E-state index in [4.69, 9.17) is 16.3 Å². The monoisotopic (exact) mass is 356 g/mol. The van der Waals surface area contributed by atoms with E-state index in [1.165, 1.54) is 6.07 Å². The number of ether oxygens (including phenoxy) is 1. The van der Waals surface area contributed by atoms with Crippen molar-refractivity contribution in [3.63, 3.8) is 0 Å². The number of halogens is 3. The minimum absolute atomic E-state index is 0.00139. The Kier molecular flexibility index (Phi) is 5.06. The Balaban J connectivity index is 2.24. The number of rotatable bonds is 4. The summed E-state index contributed by atoms with van der Waals surface area (Å²) in [6.07, 6.45) is 0.497. The first kappa shape index (κ1) is 15.3. The molecule has 0 aromatic heterocycles. The topological polar surface area (TPSA) is 9.23 Å². The zero-order chi connectivity index (χ0) is 14.7. The van der Waals surface area contributed by atoms with Crippen LogP contribution in [-0.2, 0) is 6.42 Å². The standard InChI is InChI=1S/C16H15BrClFO/c1-10-8-11(6-7-16(10)20-2)13(17)9-12-14(18)4-3-5-15(12)19/h3-8,13H,9H2,1-2H3. The number of hydrogen-bond acceptors (Lipinski definition) is 1. The van der Waals surface area contributed by atoms with Gasteiger partial charge in [-0.25, -0.2) is 4.39 Å². The molecule has 0 N–H and O–H groups in total. The maximum Gasteiger partial charge on any atom is 0.127 e. The molecule has 1 nitrogen and oxygen atoms in total. The van der Waals surface area contributed by atoms with Crippen molar-refractivity contribution in [1.82, 2.24) is 0 Å². The summed E-state index contributed by atoms with van der Waals surface area (Å²) in [5.74, 6) is 0.574. The van der Waals surface area contributed by atoms with E-state index in [9.17, 15) is 4.39 Å². The van der Waals surface area contributed by atoms with E-state index in [-0.39, 0.29) is 10.6 Å². The van der Waals surface area contributed by atoms with Crippen LogP contribution in [0, 0.1) is 12.7 Å². The normalized spacial score (nSPS) is 12.2. The molecule has 0 spiro atoms. The molecule has 0 fully saturated rings. The van der Waals surface area contributed by atoms with Gasteiger partial charge in [0.05, 0.1) is 7.11 Å². The third-order valence-corrected chi connectivity index (χ3v) is 4.43. The summed E-state index contributed by atoms with van der Waals surface area (Å²) < 4.78 is 19.0. The van der Waals surface area contributed by atoms with Gasteiger partial charge in [0.2, 0.25) is 0 Å². The fourth-order valence-electron chi connectivity index (χ4n) is 2.12. The van der Waals surface area contributed by atoms with E-state index in [2.05, 4.69) is 15.9 Å². The maximum absolute atomic E-state index is 13.8. The van der Waals surface area contributed by atoms with Crippen molar-refractivity contribution in [3.05, 3.63) is 63.9 Å². The highest BCUT2D eigenvalue weighted by molar-refractivity contribution is 9.09. The highest BCUT2D eigenvalue weighted by Gasteiger charge is 2.15. The predicted molar refractivity (Wildman–Crippen MR) is 84.5 cm³/mol. The van der Waals surface area contributed by atoms with Crippen LogP contribution in [0.15, 0.2) is 36.4 Å². The minimum Gasteiger partial charge on any atom is -0.496 e. The van der Waals surface area contributed by atoms with Crippen LogP contribution in [0.3, 0.4) is 0 Å². The molecule has 2 aromatic rings. The zero-order valence-electron chi connectivity index (χ0n) is 11.3. The van der Waals surface area contributed by atoms with Crippen LogP contribution in [0.4, 0.5) is 4.39 Å². The van der Waals surface area contributed by atoms with Gasteiger partial charge in [-0.1, -0.05) is 45.7 Å². The molecule has 0 radical (unpaired) electrons. The van der Waals surface area contributed by atoms with Crippen LogP contribution >= 0.6 is 27.5 Å². The Bertz CT molecular complexity index is 595. The van der Waals surface area contributed by atoms with Crippen LogP contribution < -0.4 is 4.74 Å². The van der Waals surface area contributed by atoms with Crippen molar-refractivity contribution in [2.24, 2.45) is 0 Å². The number of alkyl halides is 1. The summed E-state index contributed by atoms with van der Waals surface area (Å²) in [4.78, 5) is 0.00139. The number of benzene rings is 2. The van der Waals surface area contributed by atoms with Crippen LogP contribution in [0.1, 0.15) is 21.5 Å². The summed E-state index contributed by atoms with van der Waals surface area (Å²) >= 11 is 9.66. The molecule has 20 heavy (non-hydrogen) atoms. The van der Waals surface area contributed by atoms with Crippen molar-refractivity contribution < 1.29 is 9.13 Å². The average Bonchev–Trinajstić information content (AvgIpc) is 2.42. The Morgan fingerprint density at radius 1 is 1.30 bits per heavy atom. The molecule has 106 valence electrons. The average molecular weight is 358 g/mol. The Morgan fingerprint density at radius 3 is 2.65 bits per heavy atom. The Morgan fingerprint density at radius 2 is 2.05 bits per heavy atom. The molecule has 0 saturated heterocycles. The molecule has 2 rings (SSSR count). The maximum atomic E-state index is 13.8. The second kappa shape index (κ2) is 6.59. The molecule has 0 heterocycles. The van der Waals surface area contributed by atoms with Gasteiger partial charge >= 0.3 is 0 Å². The van der Waals surface area contributed by atoms with Crippen LogP contribution in [0.2, 0.25) is 5.02 Å². The van der Waals surface area contributed by atoms with Crippen LogP contribution in [0.5, 0.6) is 5.75 Å². The Labute approximate surface area is 131 Å². The van der Waals surface area contributed by atoms with Crippen molar-refractivity contribution in [2.45, 2.75) is 18.2 Å². The molecule has 1 atom stereocenters. The Hall–Kier alpha value is -1.06. The van der Waals surface area contributed by atoms with E-state index in [0.29, 0.717) is 17.0 Å². The number of hydrogen-bond donors (Lipinski definition) is 0. The number of aryl methyl sites for hydroxylation is 1. The molecule has 0 amide bonds. The van der Waals surface area contributed by atoms with Gasteiger partial charge in [-0.3, -0.25) is 0 Å². The van der Waals surface area contributed by atoms with E-state index in [1.807, 2.05) is 25.1 Å². The molecular formula is C16H15BrClFO. The van der Waals surface area contributed by atoms with Crippen molar-refractivity contribution in [1.29, 1.82) is 0 Å². The SMILES string of the molecule is COc1ccc(C(Br)Cc2c(F)cccc2Cl)cc1C. The smallest absolute Gasteiger partial charge is 0.127 e. The fourth-order valence-corrected chi connectivity index (χ4v) is 2.97. The summed E-state index contributed by atoms with van der Waals surface area (Å²) in [5.41, 5.74) is 2.65. The van der Waals surface area contributed by atoms with Crippen molar-refractivity contribution in [3.8, 4) is 5.75 Å². The van der Waals surface area contributed by atoms with Gasteiger partial charge in [0, 0.05) is 15.4 Å². The summed E-state index contributed by atoms with van der Waals surface area (Å²) in [6.45, 7) is 1.98. The predicted octanol–water partition coefficient (Wildman–Crippen LogP) is 5.47. The van der Waals surface area contributed by atoms with Gasteiger partial charge in [-0.05, 0) is 42.7 Å². The van der Waals surface area contributed by atoms with E-state index in [0.717, 1.165) is 16.9 Å². The second-order valence-corrected chi connectivity index (χ2v) is 6.11. The van der Waals surface area contributed by atoms with Crippen molar-refractivity contribution >= 4 is 27.5 Å². The third kappa shape index (κ3) is 3.33. The lowest BCUT2D eigenvalue weighted by Crippen LogP contribution is -2.00. The molecule has 2 aromatic carbocycles. The summed E-state index contributed by atoms with van der Waals surface area (Å²) in [5, 5.41) is 0.458. The van der Waals surface area contributed by atoms with Crippen LogP contribution in [0.25, 0.3) is 0 Å². The fraction of sp³-hybridized carbons (Fsp3) is 0.250. The van der Waals surface area contributed by atoms with Crippen molar-refractivity contribution in [2.75, 3.05) is 7.11 Å². The first-order valence-electron chi connectivity index (χ1n) is 6.24. The summed E-state index contributed by atoms with van der Waals surface area (Å²) in [6, 6.07) is 10.7. The molecule has 0 saturated carbocycles. The van der Waals surface area contributed by atoms with Gasteiger partial charge in [0.1, 0.15) is 11.6 Å². The lowest BCUT2D eigenvalue weighted by Gasteiger charge is -2.14. The lowest BCUT2D eigenvalue weighted by atomic mass is 10.0. The van der Waals surface area contributed by atoms with Gasteiger partial charge in [0.15, 0.2) is 0 Å². The summed E-state index contributed by atoms with van der Waals surface area (Å²) in [7, 11) is 1.65. The van der Waals surface area contributed by atoms with Crippen LogP contribution in [-0.4, -0.2) is 7.11 Å². The third-order valence-electron chi connectivity index (χ3n) is 3.23. The first-order valence-corrected chi connectivity index (χ1v) is 7.53. The second-order valence-electron chi connectivity index (χ2n) is 4.60. The molecule has 0 aliphatic rings. The molecule has 4 heteroatoms. The van der Waals surface area contributed by atoms with E-state index >= 15 is 0 Å². The minimum atomic E-state index is -0.271. The van der Waals surface area contributed by atoms with E-state index in [1.54, 1.807) is 19.2 Å². The molecular weight excluding hydrogens is 343 g/mol.